The average Bonchev–Trinajstić information content (AvgIpc) is 2.31. The van der Waals surface area contributed by atoms with Gasteiger partial charge in [-0.1, -0.05) is 51.4 Å². The van der Waals surface area contributed by atoms with Crippen LogP contribution >= 0.6 is 11.6 Å². The van der Waals surface area contributed by atoms with Gasteiger partial charge in [0, 0.05) is 6.04 Å². The molecule has 3 heteroatoms. The highest BCUT2D eigenvalue weighted by molar-refractivity contribution is 6.31. The first-order chi connectivity index (χ1) is 8.41. The molecule has 0 aliphatic rings. The van der Waals surface area contributed by atoms with Gasteiger partial charge in [0.2, 0.25) is 0 Å². The van der Waals surface area contributed by atoms with Crippen LogP contribution in [0.15, 0.2) is 18.2 Å². The Bertz CT molecular complexity index is 379. The summed E-state index contributed by atoms with van der Waals surface area (Å²) in [6.07, 6.45) is 0.817. The van der Waals surface area contributed by atoms with E-state index in [0.717, 1.165) is 18.5 Å². The second kappa shape index (κ2) is 7.10. The summed E-state index contributed by atoms with van der Waals surface area (Å²) in [4.78, 5) is 0. The lowest BCUT2D eigenvalue weighted by atomic mass is 9.89. The molecule has 0 bridgehead atoms. The Morgan fingerprint density at radius 2 is 1.83 bits per heavy atom. The maximum atomic E-state index is 13.3. The molecule has 1 aromatic carbocycles. The zero-order chi connectivity index (χ0) is 13.7. The fourth-order valence-electron chi connectivity index (χ4n) is 1.88. The van der Waals surface area contributed by atoms with Crippen LogP contribution < -0.4 is 5.32 Å². The molecule has 1 aromatic rings. The highest BCUT2D eigenvalue weighted by atomic mass is 35.5. The lowest BCUT2D eigenvalue weighted by molar-refractivity contribution is 0.354. The fourth-order valence-corrected chi connectivity index (χ4v) is 2.08. The molecule has 0 amide bonds. The molecule has 0 aliphatic carbocycles. The summed E-state index contributed by atoms with van der Waals surface area (Å²) >= 11 is 5.98. The maximum absolute atomic E-state index is 13.3. The number of benzene rings is 1. The van der Waals surface area contributed by atoms with Gasteiger partial charge in [-0.15, -0.1) is 0 Å². The van der Waals surface area contributed by atoms with Crippen LogP contribution in [0.3, 0.4) is 0 Å². The molecule has 18 heavy (non-hydrogen) atoms. The first-order valence-electron chi connectivity index (χ1n) is 6.58. The van der Waals surface area contributed by atoms with Gasteiger partial charge in [0.05, 0.1) is 5.02 Å². The Labute approximate surface area is 115 Å². The number of rotatable bonds is 6. The van der Waals surface area contributed by atoms with Crippen LogP contribution in [0, 0.1) is 17.7 Å². The zero-order valence-corrected chi connectivity index (χ0v) is 12.4. The smallest absolute Gasteiger partial charge is 0.142 e. The Morgan fingerprint density at radius 1 is 1.17 bits per heavy atom. The third kappa shape index (κ3) is 4.58. The van der Waals surface area contributed by atoms with Crippen LogP contribution in [-0.2, 0) is 6.42 Å². The van der Waals surface area contributed by atoms with Gasteiger partial charge in [-0.3, -0.25) is 0 Å². The Kier molecular flexibility index (Phi) is 6.10. The van der Waals surface area contributed by atoms with Gasteiger partial charge in [0.1, 0.15) is 5.82 Å². The minimum atomic E-state index is -0.325. The van der Waals surface area contributed by atoms with Crippen LogP contribution in [0.5, 0.6) is 0 Å². The van der Waals surface area contributed by atoms with Crippen molar-refractivity contribution < 1.29 is 4.39 Å². The van der Waals surface area contributed by atoms with Crippen molar-refractivity contribution in [3.8, 4) is 0 Å². The summed E-state index contributed by atoms with van der Waals surface area (Å²) in [7, 11) is 0. The topological polar surface area (TPSA) is 12.0 Å². The quantitative estimate of drug-likeness (QED) is 0.814. The third-order valence-corrected chi connectivity index (χ3v) is 3.82. The van der Waals surface area contributed by atoms with E-state index in [9.17, 15) is 4.39 Å². The number of hydrogen-bond donors (Lipinski definition) is 1. The van der Waals surface area contributed by atoms with Gasteiger partial charge in [-0.25, -0.2) is 4.39 Å². The molecule has 0 heterocycles. The van der Waals surface area contributed by atoms with E-state index in [1.54, 1.807) is 6.07 Å². The first-order valence-corrected chi connectivity index (χ1v) is 6.95. The van der Waals surface area contributed by atoms with Crippen LogP contribution in [0.2, 0.25) is 5.02 Å². The highest BCUT2D eigenvalue weighted by Crippen LogP contribution is 2.24. The van der Waals surface area contributed by atoms with Crippen molar-refractivity contribution in [2.24, 2.45) is 11.8 Å². The van der Waals surface area contributed by atoms with Crippen LogP contribution in [-0.4, -0.2) is 12.6 Å². The second-order valence-corrected chi connectivity index (χ2v) is 5.81. The normalized spacial score (nSPS) is 14.8. The molecule has 0 aliphatic heterocycles. The van der Waals surface area contributed by atoms with Crippen molar-refractivity contribution in [3.05, 3.63) is 34.6 Å². The summed E-state index contributed by atoms with van der Waals surface area (Å²) < 4.78 is 13.3. The molecule has 0 saturated carbocycles. The first kappa shape index (κ1) is 15.5. The largest absolute Gasteiger partial charge is 0.314 e. The summed E-state index contributed by atoms with van der Waals surface area (Å²) in [6.45, 7) is 9.66. The van der Waals surface area contributed by atoms with Crippen molar-refractivity contribution in [2.75, 3.05) is 6.54 Å². The molecule has 2 unspecified atom stereocenters. The minimum absolute atomic E-state index is 0.272. The lowest BCUT2D eigenvalue weighted by Gasteiger charge is -2.22. The Balaban J connectivity index is 2.58. The lowest BCUT2D eigenvalue weighted by Crippen LogP contribution is -2.31. The SMILES string of the molecule is CC(C)NCC(C)C(C)Cc1cccc(F)c1Cl. The van der Waals surface area contributed by atoms with Crippen LogP contribution in [0.4, 0.5) is 4.39 Å². The minimum Gasteiger partial charge on any atom is -0.314 e. The van der Waals surface area contributed by atoms with Crippen molar-refractivity contribution in [2.45, 2.75) is 40.2 Å². The average molecular weight is 272 g/mol. The molecular weight excluding hydrogens is 249 g/mol. The van der Waals surface area contributed by atoms with Crippen LogP contribution in [0.1, 0.15) is 33.3 Å². The van der Waals surface area contributed by atoms with Crippen molar-refractivity contribution in [1.29, 1.82) is 0 Å². The third-order valence-electron chi connectivity index (χ3n) is 3.39. The molecule has 0 spiro atoms. The molecule has 1 N–H and O–H groups in total. The predicted octanol–water partition coefficient (Wildman–Crippen LogP) is 4.29. The van der Waals surface area contributed by atoms with E-state index in [1.807, 2.05) is 6.07 Å². The highest BCUT2D eigenvalue weighted by Gasteiger charge is 2.15. The number of halogens is 2. The van der Waals surface area contributed by atoms with E-state index in [4.69, 9.17) is 11.6 Å². The Hall–Kier alpha value is -0.600. The maximum Gasteiger partial charge on any atom is 0.142 e. The molecule has 0 fully saturated rings. The van der Waals surface area contributed by atoms with E-state index in [2.05, 4.69) is 33.0 Å². The predicted molar refractivity (Wildman–Crippen MR) is 76.6 cm³/mol. The molecule has 0 radical (unpaired) electrons. The Morgan fingerprint density at radius 3 is 2.44 bits per heavy atom. The monoisotopic (exact) mass is 271 g/mol. The van der Waals surface area contributed by atoms with Crippen molar-refractivity contribution in [1.82, 2.24) is 5.32 Å². The van der Waals surface area contributed by atoms with Gasteiger partial charge in [0.25, 0.3) is 0 Å². The number of hydrogen-bond acceptors (Lipinski definition) is 1. The molecule has 0 saturated heterocycles. The number of nitrogens with one attached hydrogen (secondary N) is 1. The molecule has 102 valence electrons. The summed E-state index contributed by atoms with van der Waals surface area (Å²) in [5, 5.41) is 3.70. The van der Waals surface area contributed by atoms with Crippen LogP contribution in [0.25, 0.3) is 0 Å². The van der Waals surface area contributed by atoms with Gasteiger partial charge in [0.15, 0.2) is 0 Å². The van der Waals surface area contributed by atoms with E-state index in [0.29, 0.717) is 17.9 Å². The van der Waals surface area contributed by atoms with Gasteiger partial charge in [-0.05, 0) is 36.4 Å². The van der Waals surface area contributed by atoms with E-state index < -0.39 is 0 Å². The van der Waals surface area contributed by atoms with E-state index >= 15 is 0 Å². The van der Waals surface area contributed by atoms with Gasteiger partial charge in [-0.2, -0.15) is 0 Å². The van der Waals surface area contributed by atoms with Gasteiger partial charge < -0.3 is 5.32 Å². The van der Waals surface area contributed by atoms with Crippen molar-refractivity contribution in [3.63, 3.8) is 0 Å². The summed E-state index contributed by atoms with van der Waals surface area (Å²) in [5.74, 6) is 0.677. The summed E-state index contributed by atoms with van der Waals surface area (Å²) in [6, 6.07) is 5.53. The standard InChI is InChI=1S/C15H23ClFN/c1-10(2)18-9-12(4)11(3)8-13-6-5-7-14(17)15(13)16/h5-7,10-12,18H,8-9H2,1-4H3. The molecular formula is C15H23ClFN. The molecule has 1 nitrogen and oxygen atoms in total. The van der Waals surface area contributed by atoms with E-state index in [-0.39, 0.29) is 10.8 Å². The molecule has 1 rings (SSSR count). The fraction of sp³-hybridized carbons (Fsp3) is 0.600. The molecule has 0 aromatic heterocycles. The zero-order valence-electron chi connectivity index (χ0n) is 11.6. The van der Waals surface area contributed by atoms with E-state index in [1.165, 1.54) is 6.07 Å². The van der Waals surface area contributed by atoms with Gasteiger partial charge >= 0.3 is 0 Å². The molecule has 2 atom stereocenters. The second-order valence-electron chi connectivity index (χ2n) is 5.43. The van der Waals surface area contributed by atoms with Crippen molar-refractivity contribution >= 4 is 11.6 Å². The summed E-state index contributed by atoms with van der Waals surface area (Å²) in [5.41, 5.74) is 0.903.